The van der Waals surface area contributed by atoms with Gasteiger partial charge in [0.1, 0.15) is 18.0 Å². The maximum absolute atomic E-state index is 12.0. The highest BCUT2D eigenvalue weighted by Gasteiger charge is 2.65. The van der Waals surface area contributed by atoms with Crippen LogP contribution >= 0.6 is 0 Å². The third kappa shape index (κ3) is 2.96. The van der Waals surface area contributed by atoms with E-state index in [1.54, 1.807) is 5.56 Å². The van der Waals surface area contributed by atoms with Gasteiger partial charge in [0.15, 0.2) is 0 Å². The Morgan fingerprint density at radius 2 is 1.87 bits per heavy atom. The second kappa shape index (κ2) is 7.12. The molecule has 2 saturated carbocycles. The molecule has 3 fully saturated rings. The molecule has 2 aromatic carbocycles. The van der Waals surface area contributed by atoms with Gasteiger partial charge >= 0.3 is 5.97 Å². The normalized spacial score (nSPS) is 35.9. The van der Waals surface area contributed by atoms with Crippen LogP contribution in [0.3, 0.4) is 0 Å². The van der Waals surface area contributed by atoms with E-state index in [2.05, 4.69) is 49.4 Å². The van der Waals surface area contributed by atoms with E-state index in [0.717, 1.165) is 30.9 Å². The van der Waals surface area contributed by atoms with Crippen LogP contribution in [-0.4, -0.2) is 11.6 Å². The number of carbonyl (C=O) groups is 1. The first-order valence-corrected chi connectivity index (χ1v) is 12.1. The zero-order valence-corrected chi connectivity index (χ0v) is 18.4. The second-order valence-electron chi connectivity index (χ2n) is 10.5. The maximum Gasteiger partial charge on any atom is 0.306 e. The zero-order valence-electron chi connectivity index (χ0n) is 18.4. The van der Waals surface area contributed by atoms with E-state index in [1.807, 2.05) is 6.07 Å². The minimum Gasteiger partial charge on any atom is -0.489 e. The molecule has 1 aliphatic heterocycles. The van der Waals surface area contributed by atoms with E-state index >= 15 is 0 Å². The predicted molar refractivity (Wildman–Crippen MR) is 120 cm³/mol. The lowest BCUT2D eigenvalue weighted by molar-refractivity contribution is -0.163. The molecule has 3 heteroatoms. The van der Waals surface area contributed by atoms with Gasteiger partial charge < -0.3 is 9.47 Å². The van der Waals surface area contributed by atoms with Crippen LogP contribution in [0, 0.1) is 17.3 Å². The van der Waals surface area contributed by atoms with Gasteiger partial charge in [0.25, 0.3) is 0 Å². The fourth-order valence-electron chi connectivity index (χ4n) is 7.68. The SMILES string of the molecule is C[C@]12CC[C@@H]3c4ccc(OCc5ccccc5)cc4CC[C@H]3[C@@H]1CC[C@@]21CCC(=O)O1. The third-order valence-corrected chi connectivity index (χ3v) is 9.28. The molecule has 4 aliphatic rings. The number of esters is 1. The molecule has 2 aromatic rings. The van der Waals surface area contributed by atoms with Gasteiger partial charge in [-0.05, 0) is 91.5 Å². The number of fused-ring (bicyclic) bond motifs is 6. The highest BCUT2D eigenvalue weighted by atomic mass is 16.6. The van der Waals surface area contributed by atoms with Crippen LogP contribution in [0.1, 0.15) is 74.5 Å². The Morgan fingerprint density at radius 1 is 1.00 bits per heavy atom. The summed E-state index contributed by atoms with van der Waals surface area (Å²) in [5.74, 6) is 3.07. The van der Waals surface area contributed by atoms with Crippen LogP contribution in [0.25, 0.3) is 0 Å². The van der Waals surface area contributed by atoms with Gasteiger partial charge in [-0.1, -0.05) is 43.3 Å². The summed E-state index contributed by atoms with van der Waals surface area (Å²) in [7, 11) is 0. The van der Waals surface area contributed by atoms with Gasteiger partial charge in [0.05, 0.1) is 0 Å². The molecule has 3 aliphatic carbocycles. The van der Waals surface area contributed by atoms with Crippen LogP contribution in [0.4, 0.5) is 0 Å². The van der Waals surface area contributed by atoms with E-state index in [-0.39, 0.29) is 17.0 Å². The molecule has 31 heavy (non-hydrogen) atoms. The summed E-state index contributed by atoms with van der Waals surface area (Å²) < 4.78 is 12.2. The predicted octanol–water partition coefficient (Wildman–Crippen LogP) is 6.20. The number of carbonyl (C=O) groups excluding carboxylic acids is 1. The number of rotatable bonds is 3. The van der Waals surface area contributed by atoms with E-state index in [1.165, 1.54) is 36.8 Å². The zero-order chi connectivity index (χ0) is 21.1. The molecule has 5 atom stereocenters. The summed E-state index contributed by atoms with van der Waals surface area (Å²) in [4.78, 5) is 12.0. The van der Waals surface area contributed by atoms with Gasteiger partial charge in [-0.25, -0.2) is 0 Å². The van der Waals surface area contributed by atoms with E-state index in [0.29, 0.717) is 24.9 Å². The van der Waals surface area contributed by atoms with Crippen molar-refractivity contribution in [3.8, 4) is 5.75 Å². The smallest absolute Gasteiger partial charge is 0.306 e. The monoisotopic (exact) mass is 416 g/mol. The lowest BCUT2D eigenvalue weighted by Crippen LogP contribution is -2.50. The van der Waals surface area contributed by atoms with Crippen molar-refractivity contribution >= 4 is 5.97 Å². The van der Waals surface area contributed by atoms with Gasteiger partial charge in [0.2, 0.25) is 0 Å². The van der Waals surface area contributed by atoms with Gasteiger partial charge in [-0.15, -0.1) is 0 Å². The van der Waals surface area contributed by atoms with E-state index < -0.39 is 0 Å². The number of benzene rings is 2. The molecular formula is C28H32O3. The summed E-state index contributed by atoms with van der Waals surface area (Å²) in [5.41, 5.74) is 4.23. The van der Waals surface area contributed by atoms with Gasteiger partial charge in [0, 0.05) is 11.8 Å². The summed E-state index contributed by atoms with van der Waals surface area (Å²) in [6.07, 6.45) is 8.63. The molecule has 0 aromatic heterocycles. The molecule has 1 spiro atoms. The van der Waals surface area contributed by atoms with Crippen molar-refractivity contribution in [3.05, 3.63) is 65.2 Å². The van der Waals surface area contributed by atoms with Crippen molar-refractivity contribution in [1.82, 2.24) is 0 Å². The lowest BCUT2D eigenvalue weighted by atomic mass is 9.53. The molecule has 0 amide bonds. The Hall–Kier alpha value is -2.29. The number of hydrogen-bond donors (Lipinski definition) is 0. The number of aryl methyl sites for hydroxylation is 1. The summed E-state index contributed by atoms with van der Waals surface area (Å²) in [5, 5.41) is 0. The fraction of sp³-hybridized carbons (Fsp3) is 0.536. The molecular weight excluding hydrogens is 384 g/mol. The molecule has 1 saturated heterocycles. The first kappa shape index (κ1) is 19.4. The Kier molecular flexibility index (Phi) is 4.45. The van der Waals surface area contributed by atoms with Crippen molar-refractivity contribution in [2.24, 2.45) is 17.3 Å². The van der Waals surface area contributed by atoms with E-state index in [9.17, 15) is 4.79 Å². The van der Waals surface area contributed by atoms with Crippen LogP contribution < -0.4 is 4.74 Å². The summed E-state index contributed by atoms with van der Waals surface area (Å²) >= 11 is 0. The van der Waals surface area contributed by atoms with Crippen molar-refractivity contribution in [3.63, 3.8) is 0 Å². The fourth-order valence-corrected chi connectivity index (χ4v) is 7.68. The maximum atomic E-state index is 12.0. The minimum atomic E-state index is -0.171. The van der Waals surface area contributed by atoms with Crippen molar-refractivity contribution in [2.45, 2.75) is 76.4 Å². The molecule has 3 nitrogen and oxygen atoms in total. The van der Waals surface area contributed by atoms with Crippen LogP contribution in [-0.2, 0) is 22.6 Å². The highest BCUT2D eigenvalue weighted by molar-refractivity contribution is 5.72. The highest BCUT2D eigenvalue weighted by Crippen LogP contribution is 2.67. The van der Waals surface area contributed by atoms with Crippen LogP contribution in [0.5, 0.6) is 5.75 Å². The first-order valence-electron chi connectivity index (χ1n) is 12.1. The van der Waals surface area contributed by atoms with E-state index in [4.69, 9.17) is 9.47 Å². The van der Waals surface area contributed by atoms with Gasteiger partial charge in [-0.2, -0.15) is 0 Å². The molecule has 162 valence electrons. The standard InChI is InChI=1S/C28H32O3/c1-27-14-11-23-22-10-8-21(30-18-19-5-3-2-4-6-19)17-20(22)7-9-24(23)25(27)12-15-28(27)16-13-26(29)31-28/h2-6,8,10,17,23-25H,7,9,11-16,18H2,1H3/t23-,24-,25+,27+,28-/m1/s1. The quantitative estimate of drug-likeness (QED) is 0.559. The average molecular weight is 417 g/mol. The first-order chi connectivity index (χ1) is 15.1. The molecule has 0 radical (unpaired) electrons. The largest absolute Gasteiger partial charge is 0.489 e. The molecule has 0 bridgehead atoms. The summed E-state index contributed by atoms with van der Waals surface area (Å²) in [6, 6.07) is 17.2. The Bertz CT molecular complexity index is 999. The van der Waals surface area contributed by atoms with Gasteiger partial charge in [-0.3, -0.25) is 4.79 Å². The second-order valence-corrected chi connectivity index (χ2v) is 10.5. The number of hydrogen-bond acceptors (Lipinski definition) is 3. The van der Waals surface area contributed by atoms with Crippen molar-refractivity contribution < 1.29 is 14.3 Å². The lowest BCUT2D eigenvalue weighted by Gasteiger charge is -2.53. The van der Waals surface area contributed by atoms with Crippen LogP contribution in [0.2, 0.25) is 0 Å². The minimum absolute atomic E-state index is 0.0287. The third-order valence-electron chi connectivity index (χ3n) is 9.28. The molecule has 1 heterocycles. The Balaban J connectivity index is 1.22. The van der Waals surface area contributed by atoms with Crippen molar-refractivity contribution in [2.75, 3.05) is 0 Å². The van der Waals surface area contributed by atoms with Crippen LogP contribution in [0.15, 0.2) is 48.5 Å². The Morgan fingerprint density at radius 3 is 2.68 bits per heavy atom. The van der Waals surface area contributed by atoms with Crippen molar-refractivity contribution in [1.29, 1.82) is 0 Å². The average Bonchev–Trinajstić information content (AvgIpc) is 3.32. The molecule has 6 rings (SSSR count). The number of ether oxygens (including phenoxy) is 2. The molecule has 0 N–H and O–H groups in total. The Labute approximate surface area is 185 Å². The molecule has 0 unspecified atom stereocenters. The topological polar surface area (TPSA) is 35.5 Å². The summed E-state index contributed by atoms with van der Waals surface area (Å²) in [6.45, 7) is 3.06.